The predicted molar refractivity (Wildman–Crippen MR) is 52.9 cm³/mol. The Hall–Kier alpha value is -2.05. The Balaban J connectivity index is 2.51. The van der Waals surface area contributed by atoms with E-state index in [9.17, 15) is 17.6 Å². The minimum atomic E-state index is -4.74. The zero-order chi connectivity index (χ0) is 12.6. The summed E-state index contributed by atoms with van der Waals surface area (Å²) in [6.45, 7) is 0. The van der Waals surface area contributed by atoms with Gasteiger partial charge in [0.1, 0.15) is 11.6 Å². The van der Waals surface area contributed by atoms with Gasteiger partial charge in [0.05, 0.1) is 11.3 Å². The highest BCUT2D eigenvalue weighted by molar-refractivity contribution is 5.39. The first-order valence-corrected chi connectivity index (χ1v) is 4.56. The summed E-state index contributed by atoms with van der Waals surface area (Å²) in [5.41, 5.74) is 4.10. The van der Waals surface area contributed by atoms with Gasteiger partial charge in [-0.3, -0.25) is 0 Å². The number of nitrogens with zero attached hydrogens (tertiary/aromatic N) is 2. The lowest BCUT2D eigenvalue weighted by Crippen LogP contribution is -2.09. The van der Waals surface area contributed by atoms with Gasteiger partial charge in [-0.15, -0.1) is 0 Å². The second kappa shape index (κ2) is 3.76. The van der Waals surface area contributed by atoms with Crippen molar-refractivity contribution in [2.45, 2.75) is 6.18 Å². The Morgan fingerprint density at radius 1 is 1.18 bits per heavy atom. The molecule has 0 bridgehead atoms. The number of alkyl halides is 3. The molecule has 0 spiro atoms. The second-order valence-electron chi connectivity index (χ2n) is 3.35. The van der Waals surface area contributed by atoms with E-state index in [0.717, 1.165) is 10.7 Å². The molecule has 1 aromatic carbocycles. The highest BCUT2D eigenvalue weighted by Gasteiger charge is 2.34. The molecule has 90 valence electrons. The monoisotopic (exact) mass is 245 g/mol. The molecular formula is C10H7F4N3. The molecule has 0 saturated heterocycles. The van der Waals surface area contributed by atoms with Gasteiger partial charge < -0.3 is 5.73 Å². The third-order valence-electron chi connectivity index (χ3n) is 2.13. The first-order valence-electron chi connectivity index (χ1n) is 4.56. The van der Waals surface area contributed by atoms with Gasteiger partial charge in [0.25, 0.3) is 0 Å². The molecule has 0 radical (unpaired) electrons. The van der Waals surface area contributed by atoms with Crippen molar-refractivity contribution in [1.82, 2.24) is 9.78 Å². The highest BCUT2D eigenvalue weighted by atomic mass is 19.4. The van der Waals surface area contributed by atoms with Crippen LogP contribution in [0.1, 0.15) is 5.56 Å². The van der Waals surface area contributed by atoms with Crippen molar-refractivity contribution in [3.8, 4) is 5.69 Å². The van der Waals surface area contributed by atoms with E-state index in [1.54, 1.807) is 0 Å². The fourth-order valence-electron chi connectivity index (χ4n) is 1.35. The summed E-state index contributed by atoms with van der Waals surface area (Å²) in [5.74, 6) is -1.15. The summed E-state index contributed by atoms with van der Waals surface area (Å²) in [7, 11) is 0. The summed E-state index contributed by atoms with van der Waals surface area (Å²) >= 11 is 0. The van der Waals surface area contributed by atoms with Crippen LogP contribution in [0.3, 0.4) is 0 Å². The van der Waals surface area contributed by atoms with Crippen molar-refractivity contribution in [1.29, 1.82) is 0 Å². The van der Waals surface area contributed by atoms with Gasteiger partial charge >= 0.3 is 6.18 Å². The van der Waals surface area contributed by atoms with Crippen molar-refractivity contribution >= 4 is 5.82 Å². The van der Waals surface area contributed by atoms with Crippen LogP contribution in [-0.4, -0.2) is 9.78 Å². The van der Waals surface area contributed by atoms with Crippen LogP contribution in [0.5, 0.6) is 0 Å². The smallest absolute Gasteiger partial charge is 0.382 e. The number of rotatable bonds is 1. The van der Waals surface area contributed by atoms with Crippen LogP contribution in [-0.2, 0) is 6.18 Å². The lowest BCUT2D eigenvalue weighted by Gasteiger charge is -2.09. The van der Waals surface area contributed by atoms with E-state index in [1.807, 2.05) is 0 Å². The average molecular weight is 245 g/mol. The number of anilines is 1. The molecule has 7 heteroatoms. The maximum Gasteiger partial charge on any atom is 0.419 e. The number of nitrogen functional groups attached to an aromatic ring is 1. The van der Waals surface area contributed by atoms with Gasteiger partial charge in [-0.2, -0.15) is 18.3 Å². The molecule has 0 aliphatic rings. The average Bonchev–Trinajstić information content (AvgIpc) is 2.64. The van der Waals surface area contributed by atoms with Gasteiger partial charge in [0.2, 0.25) is 0 Å². The van der Waals surface area contributed by atoms with E-state index in [2.05, 4.69) is 5.10 Å². The van der Waals surface area contributed by atoms with Gasteiger partial charge in [-0.05, 0) is 18.2 Å². The third kappa shape index (κ3) is 2.22. The van der Waals surface area contributed by atoms with Crippen molar-refractivity contribution < 1.29 is 17.6 Å². The fourth-order valence-corrected chi connectivity index (χ4v) is 1.35. The number of benzene rings is 1. The number of hydrogen-bond donors (Lipinski definition) is 1. The maximum absolute atomic E-state index is 13.0. The zero-order valence-electron chi connectivity index (χ0n) is 8.37. The van der Waals surface area contributed by atoms with Crippen molar-refractivity contribution in [3.63, 3.8) is 0 Å². The maximum atomic E-state index is 13.0. The topological polar surface area (TPSA) is 43.8 Å². The molecule has 1 aromatic heterocycles. The SMILES string of the molecule is Nc1ccn(-c2ccc(F)c(C(F)(F)F)c2)n1. The molecule has 0 saturated carbocycles. The molecule has 3 nitrogen and oxygen atoms in total. The largest absolute Gasteiger partial charge is 0.419 e. The van der Waals surface area contributed by atoms with E-state index < -0.39 is 17.6 Å². The molecule has 0 aliphatic carbocycles. The number of nitrogens with two attached hydrogens (primary N) is 1. The van der Waals surface area contributed by atoms with E-state index in [4.69, 9.17) is 5.73 Å². The summed E-state index contributed by atoms with van der Waals surface area (Å²) < 4.78 is 51.5. The first-order chi connectivity index (χ1) is 7.88. The van der Waals surface area contributed by atoms with E-state index in [-0.39, 0.29) is 11.5 Å². The Kier molecular flexibility index (Phi) is 2.53. The molecule has 1 heterocycles. The summed E-state index contributed by atoms with van der Waals surface area (Å²) in [5, 5.41) is 3.74. The van der Waals surface area contributed by atoms with Crippen LogP contribution in [0, 0.1) is 5.82 Å². The van der Waals surface area contributed by atoms with Crippen LogP contribution in [0.4, 0.5) is 23.4 Å². The Morgan fingerprint density at radius 3 is 2.41 bits per heavy atom. The molecular weight excluding hydrogens is 238 g/mol. The van der Waals surface area contributed by atoms with Crippen LogP contribution in [0.25, 0.3) is 5.69 Å². The van der Waals surface area contributed by atoms with Crippen LogP contribution >= 0.6 is 0 Å². The lowest BCUT2D eigenvalue weighted by molar-refractivity contribution is -0.140. The van der Waals surface area contributed by atoms with Gasteiger partial charge in [0, 0.05) is 12.3 Å². The lowest BCUT2D eigenvalue weighted by atomic mass is 10.2. The van der Waals surface area contributed by atoms with Crippen molar-refractivity contribution in [3.05, 3.63) is 41.8 Å². The number of aromatic nitrogens is 2. The van der Waals surface area contributed by atoms with Gasteiger partial charge in [-0.1, -0.05) is 0 Å². The molecule has 0 fully saturated rings. The Bertz CT molecular complexity index is 545. The first kappa shape index (κ1) is 11.4. The highest BCUT2D eigenvalue weighted by Crippen LogP contribution is 2.32. The van der Waals surface area contributed by atoms with Gasteiger partial charge in [-0.25, -0.2) is 9.07 Å². The normalized spacial score (nSPS) is 11.8. The van der Waals surface area contributed by atoms with E-state index >= 15 is 0 Å². The van der Waals surface area contributed by atoms with Crippen molar-refractivity contribution in [2.24, 2.45) is 0 Å². The fraction of sp³-hybridized carbons (Fsp3) is 0.100. The summed E-state index contributed by atoms with van der Waals surface area (Å²) in [4.78, 5) is 0. The van der Waals surface area contributed by atoms with Crippen LogP contribution < -0.4 is 5.73 Å². The second-order valence-corrected chi connectivity index (χ2v) is 3.35. The molecule has 0 atom stereocenters. The Labute approximate surface area is 93.5 Å². The molecule has 2 N–H and O–H groups in total. The quantitative estimate of drug-likeness (QED) is 0.785. The van der Waals surface area contributed by atoms with Crippen LogP contribution in [0.2, 0.25) is 0 Å². The zero-order valence-corrected chi connectivity index (χ0v) is 8.37. The number of hydrogen-bond acceptors (Lipinski definition) is 2. The molecule has 2 rings (SSSR count). The molecule has 0 aliphatic heterocycles. The van der Waals surface area contributed by atoms with Gasteiger partial charge in [0.15, 0.2) is 0 Å². The summed E-state index contributed by atoms with van der Waals surface area (Å²) in [6, 6.07) is 4.05. The van der Waals surface area contributed by atoms with Crippen molar-refractivity contribution in [2.75, 3.05) is 5.73 Å². The number of halogens is 4. The molecule has 0 amide bonds. The minimum absolute atomic E-state index is 0.0930. The standard InChI is InChI=1S/C10H7F4N3/c11-8-2-1-6(5-7(8)10(12,13)14)17-4-3-9(15)16-17/h1-5H,(H2,15,16). The van der Waals surface area contributed by atoms with E-state index in [1.165, 1.54) is 18.3 Å². The minimum Gasteiger partial charge on any atom is -0.382 e. The molecule has 17 heavy (non-hydrogen) atoms. The molecule has 0 unspecified atom stereocenters. The predicted octanol–water partition coefficient (Wildman–Crippen LogP) is 2.61. The molecule has 2 aromatic rings. The van der Waals surface area contributed by atoms with Crippen LogP contribution in [0.15, 0.2) is 30.5 Å². The third-order valence-corrected chi connectivity index (χ3v) is 2.13. The van der Waals surface area contributed by atoms with E-state index in [0.29, 0.717) is 6.07 Å². The summed E-state index contributed by atoms with van der Waals surface area (Å²) in [6.07, 6.45) is -3.35. The Morgan fingerprint density at radius 2 is 1.88 bits per heavy atom.